The lowest BCUT2D eigenvalue weighted by Gasteiger charge is -2.13. The van der Waals surface area contributed by atoms with Crippen molar-refractivity contribution >= 4 is 28.5 Å². The third-order valence-electron chi connectivity index (χ3n) is 4.17. The number of aryl methyl sites for hydroxylation is 3. The highest BCUT2D eigenvalue weighted by Crippen LogP contribution is 2.29. The molecule has 0 fully saturated rings. The Kier molecular flexibility index (Phi) is 4.63. The standard InChI is InChI=1S/C17H20N4O3S/c1-9-5-6-14(15(22)11(9)3)19-17-16(20-25(23)21-17)18-8-13-7-10(2)12(4)24-13/h5-7,22H,8H2,1-4H3,(H,18,20)(H,19,21). The van der Waals surface area contributed by atoms with Crippen LogP contribution >= 0.6 is 0 Å². The van der Waals surface area contributed by atoms with Gasteiger partial charge in [-0.2, -0.15) is 0 Å². The van der Waals surface area contributed by atoms with Crippen LogP contribution in [0.4, 0.5) is 5.69 Å². The molecular formula is C17H20N4O3S. The van der Waals surface area contributed by atoms with Gasteiger partial charge in [-0.15, -0.1) is 8.80 Å². The lowest BCUT2D eigenvalue weighted by atomic mass is 10.1. The first kappa shape index (κ1) is 17.2. The van der Waals surface area contributed by atoms with Crippen molar-refractivity contribution in [2.45, 2.75) is 34.2 Å². The van der Waals surface area contributed by atoms with Crippen LogP contribution in [0.25, 0.3) is 0 Å². The lowest BCUT2D eigenvalue weighted by molar-refractivity contribution is 0.473. The number of benzene rings is 1. The Morgan fingerprint density at radius 2 is 1.84 bits per heavy atom. The number of nitrogens with zero attached hydrogens (tertiary/aromatic N) is 2. The molecule has 1 aliphatic heterocycles. The minimum Gasteiger partial charge on any atom is -0.505 e. The van der Waals surface area contributed by atoms with Crippen molar-refractivity contribution < 1.29 is 13.7 Å². The maximum Gasteiger partial charge on any atom is 0.269 e. The van der Waals surface area contributed by atoms with Gasteiger partial charge in [0.05, 0.1) is 12.2 Å². The molecule has 0 amide bonds. The van der Waals surface area contributed by atoms with E-state index in [-0.39, 0.29) is 5.75 Å². The number of furan rings is 1. The minimum atomic E-state index is -1.69. The summed E-state index contributed by atoms with van der Waals surface area (Å²) in [6.45, 7) is 8.02. The number of amidine groups is 2. The molecule has 0 saturated carbocycles. The van der Waals surface area contributed by atoms with Gasteiger partial charge in [-0.05, 0) is 56.5 Å². The van der Waals surface area contributed by atoms with E-state index < -0.39 is 11.2 Å². The molecule has 1 aromatic carbocycles. The van der Waals surface area contributed by atoms with E-state index in [1.807, 2.05) is 39.8 Å². The third-order valence-corrected chi connectivity index (χ3v) is 4.84. The van der Waals surface area contributed by atoms with Gasteiger partial charge in [-0.3, -0.25) is 0 Å². The molecule has 1 atom stereocenters. The highest BCUT2D eigenvalue weighted by atomic mass is 32.2. The smallest absolute Gasteiger partial charge is 0.269 e. The van der Waals surface area contributed by atoms with E-state index in [1.165, 1.54) is 0 Å². The van der Waals surface area contributed by atoms with Crippen LogP contribution in [0.5, 0.6) is 5.75 Å². The van der Waals surface area contributed by atoms with Crippen molar-refractivity contribution in [2.24, 2.45) is 8.80 Å². The van der Waals surface area contributed by atoms with E-state index in [1.54, 1.807) is 6.07 Å². The maximum absolute atomic E-state index is 11.7. The van der Waals surface area contributed by atoms with Crippen molar-refractivity contribution in [1.29, 1.82) is 0 Å². The Balaban J connectivity index is 1.75. The number of rotatable bonds is 3. The molecule has 3 N–H and O–H groups in total. The number of phenols is 1. The first-order valence-electron chi connectivity index (χ1n) is 7.81. The summed E-state index contributed by atoms with van der Waals surface area (Å²) in [6.07, 6.45) is 0. The topological polar surface area (TPSA) is 99.2 Å². The van der Waals surface area contributed by atoms with Crippen molar-refractivity contribution in [3.05, 3.63) is 46.4 Å². The highest BCUT2D eigenvalue weighted by molar-refractivity contribution is 7.83. The normalized spacial score (nSPS) is 16.6. The van der Waals surface area contributed by atoms with E-state index in [0.717, 1.165) is 28.2 Å². The van der Waals surface area contributed by atoms with Crippen LogP contribution in [-0.4, -0.2) is 21.0 Å². The summed E-state index contributed by atoms with van der Waals surface area (Å²) in [5, 5.41) is 16.3. The van der Waals surface area contributed by atoms with Crippen molar-refractivity contribution in [3.8, 4) is 5.75 Å². The second-order valence-electron chi connectivity index (χ2n) is 5.94. The van der Waals surface area contributed by atoms with Crippen LogP contribution in [-0.2, 0) is 17.7 Å². The Morgan fingerprint density at radius 1 is 1.12 bits per heavy atom. The molecule has 2 aromatic rings. The molecule has 1 unspecified atom stereocenters. The first-order chi connectivity index (χ1) is 11.8. The van der Waals surface area contributed by atoms with E-state index in [2.05, 4.69) is 19.4 Å². The minimum absolute atomic E-state index is 0.136. The second kappa shape index (κ2) is 6.72. The van der Waals surface area contributed by atoms with E-state index in [0.29, 0.717) is 23.9 Å². The van der Waals surface area contributed by atoms with Gasteiger partial charge in [-0.25, -0.2) is 4.21 Å². The summed E-state index contributed by atoms with van der Waals surface area (Å²) >= 11 is -1.69. The molecule has 0 bridgehead atoms. The highest BCUT2D eigenvalue weighted by Gasteiger charge is 2.21. The van der Waals surface area contributed by atoms with E-state index in [4.69, 9.17) is 4.42 Å². The number of nitrogens with one attached hydrogen (secondary N) is 2. The molecular weight excluding hydrogens is 340 g/mol. The fourth-order valence-corrected chi connectivity index (χ4v) is 3.03. The van der Waals surface area contributed by atoms with Crippen LogP contribution in [0.3, 0.4) is 0 Å². The zero-order valence-electron chi connectivity index (χ0n) is 14.5. The molecule has 3 rings (SSSR count). The van der Waals surface area contributed by atoms with Crippen molar-refractivity contribution in [3.63, 3.8) is 0 Å². The fourth-order valence-electron chi connectivity index (χ4n) is 2.40. The predicted molar refractivity (Wildman–Crippen MR) is 99.2 cm³/mol. The van der Waals surface area contributed by atoms with Crippen molar-refractivity contribution in [1.82, 2.24) is 5.32 Å². The lowest BCUT2D eigenvalue weighted by Crippen LogP contribution is -2.33. The van der Waals surface area contributed by atoms with Gasteiger partial charge in [-0.1, -0.05) is 6.07 Å². The average molecular weight is 360 g/mol. The first-order valence-corrected chi connectivity index (χ1v) is 8.87. The molecule has 1 aliphatic rings. The average Bonchev–Trinajstić information content (AvgIpc) is 3.08. The molecule has 0 aliphatic carbocycles. The van der Waals surface area contributed by atoms with Gasteiger partial charge in [0.25, 0.3) is 11.2 Å². The molecule has 2 heterocycles. The predicted octanol–water partition coefficient (Wildman–Crippen LogP) is 2.81. The van der Waals surface area contributed by atoms with Gasteiger partial charge >= 0.3 is 0 Å². The zero-order chi connectivity index (χ0) is 18.1. The molecule has 1 aromatic heterocycles. The zero-order valence-corrected chi connectivity index (χ0v) is 15.3. The summed E-state index contributed by atoms with van der Waals surface area (Å²) < 4.78 is 25.2. The number of hydrogen-bond donors (Lipinski definition) is 3. The number of hydrogen-bond acceptors (Lipinski definition) is 5. The van der Waals surface area contributed by atoms with Gasteiger partial charge in [0, 0.05) is 0 Å². The van der Waals surface area contributed by atoms with Crippen molar-refractivity contribution in [2.75, 3.05) is 5.32 Å². The van der Waals surface area contributed by atoms with Crippen LogP contribution in [0.1, 0.15) is 28.2 Å². The maximum atomic E-state index is 11.7. The van der Waals surface area contributed by atoms with E-state index in [9.17, 15) is 9.32 Å². The molecule has 8 heteroatoms. The van der Waals surface area contributed by atoms with Gasteiger partial charge < -0.3 is 20.2 Å². The summed E-state index contributed by atoms with van der Waals surface area (Å²) in [7, 11) is 0. The van der Waals surface area contributed by atoms with Gasteiger partial charge in [0.2, 0.25) is 0 Å². The summed E-state index contributed by atoms with van der Waals surface area (Å²) in [5.41, 5.74) is 3.31. The van der Waals surface area contributed by atoms with E-state index >= 15 is 0 Å². The van der Waals surface area contributed by atoms with Crippen LogP contribution in [0.2, 0.25) is 0 Å². The summed E-state index contributed by atoms with van der Waals surface area (Å²) in [5.74, 6) is 2.43. The fraction of sp³-hybridized carbons (Fsp3) is 0.294. The Labute approximate surface area is 148 Å². The van der Waals surface area contributed by atoms with Crippen LogP contribution in [0, 0.1) is 27.7 Å². The SMILES string of the molecule is Cc1cc(CNC2=NS(=O)N=C2Nc2ccc(C)c(C)c2O)oc1C. The molecule has 7 nitrogen and oxygen atoms in total. The monoisotopic (exact) mass is 360 g/mol. The largest absolute Gasteiger partial charge is 0.505 e. The molecule has 0 saturated heterocycles. The van der Waals surface area contributed by atoms with Gasteiger partial charge in [0.1, 0.15) is 17.3 Å². The number of anilines is 1. The molecule has 25 heavy (non-hydrogen) atoms. The molecule has 0 radical (unpaired) electrons. The van der Waals surface area contributed by atoms with Crippen LogP contribution < -0.4 is 10.6 Å². The Bertz CT molecular complexity index is 895. The molecule has 132 valence electrons. The summed E-state index contributed by atoms with van der Waals surface area (Å²) in [6, 6.07) is 5.58. The quantitative estimate of drug-likeness (QED) is 0.731. The molecule has 0 spiro atoms. The Hall–Kier alpha value is -2.61. The van der Waals surface area contributed by atoms with Gasteiger partial charge in [0.15, 0.2) is 11.7 Å². The van der Waals surface area contributed by atoms with Crippen LogP contribution in [0.15, 0.2) is 31.4 Å². The Morgan fingerprint density at radius 3 is 2.52 bits per heavy atom. The third kappa shape index (κ3) is 3.58. The summed E-state index contributed by atoms with van der Waals surface area (Å²) in [4.78, 5) is 0. The number of phenolic OH excluding ortho intramolecular Hbond substituents is 1. The number of aromatic hydroxyl groups is 1. The second-order valence-corrected chi connectivity index (χ2v) is 6.77.